The zero-order valence-electron chi connectivity index (χ0n) is 18.8. The predicted molar refractivity (Wildman–Crippen MR) is 123 cm³/mol. The van der Waals surface area contributed by atoms with E-state index in [9.17, 15) is 27.5 Å². The normalized spacial score (nSPS) is 14.4. The molecule has 0 bridgehead atoms. The van der Waals surface area contributed by atoms with Crippen LogP contribution in [0.5, 0.6) is 5.75 Å². The smallest absolute Gasteiger partial charge is 0.425 e. The largest absolute Gasteiger partial charge is 0.480 e. The first-order valence-corrected chi connectivity index (χ1v) is 11.3. The van der Waals surface area contributed by atoms with Crippen LogP contribution in [0.25, 0.3) is 11.3 Å². The molecule has 1 atom stereocenters. The summed E-state index contributed by atoms with van der Waals surface area (Å²) in [5.74, 6) is -3.36. The second-order valence-electron chi connectivity index (χ2n) is 8.35. The zero-order valence-corrected chi connectivity index (χ0v) is 19.6. The number of aromatic nitrogens is 1. The first kappa shape index (κ1) is 25.8. The lowest BCUT2D eigenvalue weighted by Crippen LogP contribution is -2.32. The number of amides is 1. The van der Waals surface area contributed by atoms with Crippen molar-refractivity contribution in [1.82, 2.24) is 4.98 Å². The number of hydrogen-bond donors (Lipinski definition) is 2. The molecule has 11 heteroatoms. The Labute approximate surface area is 207 Å². The number of alkyl halides is 3. The molecule has 0 spiro atoms. The SMILES string of the molecule is C[C@H](Oc1cc(-c2ccc(C3CC3)c(CO)n2)c(F)cc1C(=O)Nc1c(F)cccc1Cl)C(F)(F)F. The molecule has 36 heavy (non-hydrogen) atoms. The maximum absolute atomic E-state index is 15.2. The Bertz CT molecular complexity index is 1290. The highest BCUT2D eigenvalue weighted by Gasteiger charge is 2.39. The van der Waals surface area contributed by atoms with Gasteiger partial charge in [-0.15, -0.1) is 0 Å². The highest BCUT2D eigenvalue weighted by atomic mass is 35.5. The molecule has 5 nitrogen and oxygen atoms in total. The first-order valence-electron chi connectivity index (χ1n) is 10.9. The molecular weight excluding hydrogens is 507 g/mol. The van der Waals surface area contributed by atoms with Crippen molar-refractivity contribution in [2.45, 2.75) is 44.6 Å². The van der Waals surface area contributed by atoms with E-state index >= 15 is 4.39 Å². The van der Waals surface area contributed by atoms with Gasteiger partial charge < -0.3 is 15.2 Å². The van der Waals surface area contributed by atoms with Gasteiger partial charge in [0.05, 0.1) is 34.3 Å². The molecular formula is C25H20ClF5N2O3. The van der Waals surface area contributed by atoms with Crippen LogP contribution in [0.3, 0.4) is 0 Å². The summed E-state index contributed by atoms with van der Waals surface area (Å²) >= 11 is 5.91. The highest BCUT2D eigenvalue weighted by Crippen LogP contribution is 2.42. The van der Waals surface area contributed by atoms with Crippen molar-refractivity contribution in [2.75, 3.05) is 5.32 Å². The van der Waals surface area contributed by atoms with Crippen molar-refractivity contribution in [3.05, 3.63) is 75.9 Å². The Balaban J connectivity index is 1.77. The number of aliphatic hydroxyl groups is 1. The maximum atomic E-state index is 15.2. The third-order valence-electron chi connectivity index (χ3n) is 5.73. The summed E-state index contributed by atoms with van der Waals surface area (Å²) in [5, 5.41) is 11.7. The first-order chi connectivity index (χ1) is 17.0. The summed E-state index contributed by atoms with van der Waals surface area (Å²) < 4.78 is 74.1. The molecule has 1 aliphatic carbocycles. The third kappa shape index (κ3) is 5.44. The van der Waals surface area contributed by atoms with E-state index in [2.05, 4.69) is 10.3 Å². The van der Waals surface area contributed by atoms with Crippen molar-refractivity contribution in [2.24, 2.45) is 0 Å². The molecule has 2 N–H and O–H groups in total. The topological polar surface area (TPSA) is 71.5 Å². The summed E-state index contributed by atoms with van der Waals surface area (Å²) in [6, 6.07) is 8.39. The molecule has 190 valence electrons. The molecule has 4 rings (SSSR count). The molecule has 1 aromatic heterocycles. The van der Waals surface area contributed by atoms with E-state index in [0.717, 1.165) is 37.5 Å². The van der Waals surface area contributed by atoms with Crippen LogP contribution in [0.1, 0.15) is 47.3 Å². The fourth-order valence-electron chi connectivity index (χ4n) is 3.63. The molecule has 2 aromatic carbocycles. The highest BCUT2D eigenvalue weighted by molar-refractivity contribution is 6.34. The maximum Gasteiger partial charge on any atom is 0.425 e. The zero-order chi connectivity index (χ0) is 26.2. The van der Waals surface area contributed by atoms with Crippen molar-refractivity contribution in [1.29, 1.82) is 0 Å². The lowest BCUT2D eigenvalue weighted by Gasteiger charge is -2.21. The van der Waals surface area contributed by atoms with E-state index in [1.807, 2.05) is 0 Å². The third-order valence-corrected chi connectivity index (χ3v) is 6.05. The number of para-hydroxylation sites is 1. The predicted octanol–water partition coefficient (Wildman–Crippen LogP) is 6.63. The molecule has 0 unspecified atom stereocenters. The monoisotopic (exact) mass is 526 g/mol. The van der Waals surface area contributed by atoms with Gasteiger partial charge in [0, 0.05) is 5.56 Å². The van der Waals surface area contributed by atoms with Gasteiger partial charge in [-0.1, -0.05) is 23.7 Å². The van der Waals surface area contributed by atoms with Gasteiger partial charge in [-0.2, -0.15) is 13.2 Å². The van der Waals surface area contributed by atoms with Gasteiger partial charge in [0.15, 0.2) is 6.10 Å². The minimum atomic E-state index is -4.79. The Morgan fingerprint density at radius 1 is 1.19 bits per heavy atom. The van der Waals surface area contributed by atoms with Gasteiger partial charge in [-0.25, -0.2) is 13.8 Å². The van der Waals surface area contributed by atoms with E-state index in [1.165, 1.54) is 18.2 Å². The van der Waals surface area contributed by atoms with Crippen LogP contribution in [0, 0.1) is 11.6 Å². The average molecular weight is 527 g/mol. The van der Waals surface area contributed by atoms with Crippen molar-refractivity contribution in [3.63, 3.8) is 0 Å². The molecule has 0 aliphatic heterocycles. The van der Waals surface area contributed by atoms with Crippen LogP contribution in [0.4, 0.5) is 27.6 Å². The standard InChI is InChI=1S/C25H20ClF5N2O3/c1-12(25(29,30)31)36-22-10-15(20-8-7-14(13-5-6-13)21(11-34)32-20)19(28)9-16(22)24(35)33-23-17(26)3-2-4-18(23)27/h2-4,7-10,12-13,34H,5-6,11H2,1H3,(H,33,35)/t12-/m0/s1. The Hall–Kier alpha value is -3.24. The van der Waals surface area contributed by atoms with E-state index in [4.69, 9.17) is 16.3 Å². The van der Waals surface area contributed by atoms with Gasteiger partial charge in [0.2, 0.25) is 0 Å². The van der Waals surface area contributed by atoms with Crippen LogP contribution in [0.15, 0.2) is 42.5 Å². The number of nitrogens with zero attached hydrogens (tertiary/aromatic N) is 1. The van der Waals surface area contributed by atoms with Crippen LogP contribution < -0.4 is 10.1 Å². The number of hydrogen-bond acceptors (Lipinski definition) is 4. The molecule has 1 amide bonds. The molecule has 0 saturated heterocycles. The van der Waals surface area contributed by atoms with Crippen LogP contribution in [-0.4, -0.2) is 28.3 Å². The van der Waals surface area contributed by atoms with Crippen molar-refractivity contribution in [3.8, 4) is 17.0 Å². The van der Waals surface area contributed by atoms with Crippen LogP contribution in [0.2, 0.25) is 5.02 Å². The molecule has 1 aliphatic rings. The molecule has 1 fully saturated rings. The molecule has 0 radical (unpaired) electrons. The van der Waals surface area contributed by atoms with E-state index in [-0.39, 0.29) is 22.2 Å². The number of nitrogens with one attached hydrogen (secondary N) is 1. The lowest BCUT2D eigenvalue weighted by molar-refractivity contribution is -0.189. The van der Waals surface area contributed by atoms with E-state index in [1.54, 1.807) is 6.07 Å². The molecule has 3 aromatic rings. The number of carbonyl (C=O) groups excluding carboxylic acids is 1. The van der Waals surface area contributed by atoms with E-state index < -0.39 is 53.4 Å². The number of ether oxygens (including phenoxy) is 1. The van der Waals surface area contributed by atoms with Gasteiger partial charge in [-0.05, 0) is 61.6 Å². The number of halogens is 6. The number of anilines is 1. The quantitative estimate of drug-likeness (QED) is 0.339. The molecule has 1 saturated carbocycles. The number of rotatable bonds is 7. The summed E-state index contributed by atoms with van der Waals surface area (Å²) in [5.41, 5.74) is -0.0818. The fraction of sp³-hybridized carbons (Fsp3) is 0.280. The number of pyridine rings is 1. The Kier molecular flexibility index (Phi) is 7.19. The van der Waals surface area contributed by atoms with Gasteiger partial charge in [0.1, 0.15) is 17.4 Å². The summed E-state index contributed by atoms with van der Waals surface area (Å²) in [6.45, 7) is 0.324. The Morgan fingerprint density at radius 3 is 2.53 bits per heavy atom. The number of carbonyl (C=O) groups is 1. The van der Waals surface area contributed by atoms with Gasteiger partial charge >= 0.3 is 6.18 Å². The van der Waals surface area contributed by atoms with Crippen molar-refractivity contribution < 1.29 is 36.6 Å². The lowest BCUT2D eigenvalue weighted by atomic mass is 10.0. The average Bonchev–Trinajstić information content (AvgIpc) is 3.66. The van der Waals surface area contributed by atoms with Crippen molar-refractivity contribution >= 4 is 23.2 Å². The Morgan fingerprint density at radius 2 is 1.92 bits per heavy atom. The van der Waals surface area contributed by atoms with Crippen LogP contribution >= 0.6 is 11.6 Å². The summed E-state index contributed by atoms with van der Waals surface area (Å²) in [4.78, 5) is 17.2. The van der Waals surface area contributed by atoms with E-state index in [0.29, 0.717) is 11.8 Å². The van der Waals surface area contributed by atoms with Gasteiger partial charge in [0.25, 0.3) is 5.91 Å². The minimum absolute atomic E-state index is 0.0366. The molecule has 1 heterocycles. The van der Waals surface area contributed by atoms with Crippen LogP contribution in [-0.2, 0) is 6.61 Å². The number of benzene rings is 2. The second kappa shape index (κ2) is 10.0. The second-order valence-corrected chi connectivity index (χ2v) is 8.75. The number of aliphatic hydroxyl groups excluding tert-OH is 1. The summed E-state index contributed by atoms with van der Waals surface area (Å²) in [6.07, 6.45) is -5.26. The summed E-state index contributed by atoms with van der Waals surface area (Å²) in [7, 11) is 0. The minimum Gasteiger partial charge on any atom is -0.480 e. The van der Waals surface area contributed by atoms with Gasteiger partial charge in [-0.3, -0.25) is 4.79 Å². The fourth-order valence-corrected chi connectivity index (χ4v) is 3.85.